The smallest absolute Gasteiger partial charge is 0.133 e. The first kappa shape index (κ1) is 9.24. The van der Waals surface area contributed by atoms with Crippen molar-refractivity contribution < 1.29 is 4.74 Å². The first-order chi connectivity index (χ1) is 7.36. The Balaban J connectivity index is 1.81. The molecule has 0 radical (unpaired) electrons. The van der Waals surface area contributed by atoms with E-state index in [-0.39, 0.29) is 0 Å². The van der Waals surface area contributed by atoms with Crippen LogP contribution in [0.3, 0.4) is 0 Å². The molecular weight excluding hydrogens is 190 g/mol. The van der Waals surface area contributed by atoms with E-state index in [1.807, 2.05) is 12.4 Å². The molecule has 3 heterocycles. The van der Waals surface area contributed by atoms with Gasteiger partial charge in [-0.3, -0.25) is 0 Å². The molecule has 4 nitrogen and oxygen atoms in total. The van der Waals surface area contributed by atoms with Gasteiger partial charge in [0.05, 0.1) is 12.2 Å². The molecule has 2 bridgehead atoms. The fourth-order valence-electron chi connectivity index (χ4n) is 2.57. The Morgan fingerprint density at radius 1 is 1.33 bits per heavy atom. The number of hydrogen-bond donors (Lipinski definition) is 1. The van der Waals surface area contributed by atoms with Gasteiger partial charge in [0.2, 0.25) is 0 Å². The lowest BCUT2D eigenvalue weighted by Gasteiger charge is -2.16. The van der Waals surface area contributed by atoms with Crippen molar-refractivity contribution in [1.29, 1.82) is 0 Å². The van der Waals surface area contributed by atoms with Gasteiger partial charge in [-0.2, -0.15) is 0 Å². The Morgan fingerprint density at radius 3 is 2.67 bits per heavy atom. The molecule has 0 saturated carbocycles. The van der Waals surface area contributed by atoms with Gasteiger partial charge in [-0.15, -0.1) is 0 Å². The third-order valence-corrected chi connectivity index (χ3v) is 3.40. The lowest BCUT2D eigenvalue weighted by molar-refractivity contribution is 0.0998. The molecule has 2 aliphatic heterocycles. The van der Waals surface area contributed by atoms with Crippen molar-refractivity contribution in [2.24, 2.45) is 5.73 Å². The van der Waals surface area contributed by atoms with Crippen LogP contribution in [0.5, 0.6) is 0 Å². The van der Waals surface area contributed by atoms with Gasteiger partial charge in [-0.1, -0.05) is 0 Å². The quantitative estimate of drug-likeness (QED) is 0.781. The standard InChI is InChI=1S/C11H15N3O/c12-4-7-5-13-11(14-6-7)9-3-8-1-2-10(9)15-8/h5-6,8-10H,1-4,12H2. The van der Waals surface area contributed by atoms with Crippen molar-refractivity contribution in [2.75, 3.05) is 0 Å². The molecule has 4 heteroatoms. The summed E-state index contributed by atoms with van der Waals surface area (Å²) in [5.41, 5.74) is 6.50. The summed E-state index contributed by atoms with van der Waals surface area (Å²) < 4.78 is 5.79. The van der Waals surface area contributed by atoms with Crippen LogP contribution in [-0.2, 0) is 11.3 Å². The van der Waals surface area contributed by atoms with E-state index in [9.17, 15) is 0 Å². The van der Waals surface area contributed by atoms with E-state index in [0.29, 0.717) is 24.7 Å². The molecule has 0 aliphatic carbocycles. The molecule has 1 aromatic rings. The van der Waals surface area contributed by atoms with Crippen molar-refractivity contribution in [3.63, 3.8) is 0 Å². The summed E-state index contributed by atoms with van der Waals surface area (Å²) in [4.78, 5) is 8.76. The Kier molecular flexibility index (Phi) is 2.18. The second-order valence-electron chi connectivity index (χ2n) is 4.37. The van der Waals surface area contributed by atoms with Crippen molar-refractivity contribution in [2.45, 2.75) is 43.9 Å². The number of ether oxygens (including phenoxy) is 1. The normalized spacial score (nSPS) is 33.5. The predicted molar refractivity (Wildman–Crippen MR) is 55.2 cm³/mol. The van der Waals surface area contributed by atoms with Gasteiger partial charge < -0.3 is 10.5 Å². The van der Waals surface area contributed by atoms with Crippen molar-refractivity contribution >= 4 is 0 Å². The summed E-state index contributed by atoms with van der Waals surface area (Å²) in [6.45, 7) is 0.507. The predicted octanol–water partition coefficient (Wildman–Crippen LogP) is 0.970. The highest BCUT2D eigenvalue weighted by Gasteiger charge is 2.42. The zero-order chi connectivity index (χ0) is 10.3. The van der Waals surface area contributed by atoms with E-state index in [1.165, 1.54) is 6.42 Å². The van der Waals surface area contributed by atoms with E-state index in [2.05, 4.69) is 9.97 Å². The minimum Gasteiger partial charge on any atom is -0.374 e. The summed E-state index contributed by atoms with van der Waals surface area (Å²) in [5.74, 6) is 1.34. The molecule has 15 heavy (non-hydrogen) atoms. The second-order valence-corrected chi connectivity index (χ2v) is 4.37. The number of aromatic nitrogens is 2. The van der Waals surface area contributed by atoms with Gasteiger partial charge in [-0.25, -0.2) is 9.97 Å². The molecular formula is C11H15N3O. The molecule has 0 aromatic carbocycles. The molecule has 2 fully saturated rings. The highest BCUT2D eigenvalue weighted by Crippen LogP contribution is 2.43. The highest BCUT2D eigenvalue weighted by atomic mass is 16.5. The minimum absolute atomic E-state index is 0.360. The van der Waals surface area contributed by atoms with Gasteiger partial charge in [0.1, 0.15) is 5.82 Å². The number of nitrogens with two attached hydrogens (primary N) is 1. The maximum Gasteiger partial charge on any atom is 0.133 e. The third-order valence-electron chi connectivity index (χ3n) is 3.40. The third kappa shape index (κ3) is 1.54. The summed E-state index contributed by atoms with van der Waals surface area (Å²) in [7, 11) is 0. The SMILES string of the molecule is NCc1cnc(C2CC3CCC2O3)nc1. The summed E-state index contributed by atoms with van der Waals surface area (Å²) in [6.07, 6.45) is 7.94. The van der Waals surface area contributed by atoms with Crippen LogP contribution in [0.2, 0.25) is 0 Å². The molecule has 3 rings (SSSR count). The maximum absolute atomic E-state index is 5.79. The molecule has 3 atom stereocenters. The molecule has 0 amide bonds. The van der Waals surface area contributed by atoms with Gasteiger partial charge in [0.25, 0.3) is 0 Å². The van der Waals surface area contributed by atoms with E-state index < -0.39 is 0 Å². The molecule has 3 unspecified atom stereocenters. The molecule has 80 valence electrons. The lowest BCUT2D eigenvalue weighted by atomic mass is 9.88. The highest BCUT2D eigenvalue weighted by molar-refractivity contribution is 5.11. The fraction of sp³-hybridized carbons (Fsp3) is 0.636. The van der Waals surface area contributed by atoms with Gasteiger partial charge >= 0.3 is 0 Å². The first-order valence-electron chi connectivity index (χ1n) is 5.53. The van der Waals surface area contributed by atoms with Crippen molar-refractivity contribution in [1.82, 2.24) is 9.97 Å². The maximum atomic E-state index is 5.79. The summed E-state index contributed by atoms with van der Waals surface area (Å²) in [6, 6.07) is 0. The van der Waals surface area contributed by atoms with Crippen LogP contribution in [0.15, 0.2) is 12.4 Å². The lowest BCUT2D eigenvalue weighted by Crippen LogP contribution is -2.17. The molecule has 2 saturated heterocycles. The molecule has 2 aliphatic rings. The second kappa shape index (κ2) is 3.54. The van der Waals surface area contributed by atoms with Crippen LogP contribution in [0.25, 0.3) is 0 Å². The van der Waals surface area contributed by atoms with Gasteiger partial charge in [0.15, 0.2) is 0 Å². The number of rotatable bonds is 2. The average molecular weight is 205 g/mol. The first-order valence-corrected chi connectivity index (χ1v) is 5.53. The van der Waals surface area contributed by atoms with Crippen LogP contribution in [0.1, 0.15) is 36.6 Å². The van der Waals surface area contributed by atoms with Gasteiger partial charge in [0, 0.05) is 30.4 Å². The van der Waals surface area contributed by atoms with Crippen molar-refractivity contribution in [3.8, 4) is 0 Å². The van der Waals surface area contributed by atoms with E-state index >= 15 is 0 Å². The Labute approximate surface area is 88.9 Å². The molecule has 1 aromatic heterocycles. The van der Waals surface area contributed by atoms with Crippen LogP contribution in [0, 0.1) is 0 Å². The monoisotopic (exact) mass is 205 g/mol. The van der Waals surface area contributed by atoms with Crippen molar-refractivity contribution in [3.05, 3.63) is 23.8 Å². The van der Waals surface area contributed by atoms with Gasteiger partial charge in [-0.05, 0) is 19.3 Å². The summed E-state index contributed by atoms with van der Waals surface area (Å²) >= 11 is 0. The largest absolute Gasteiger partial charge is 0.374 e. The molecule has 0 spiro atoms. The number of nitrogens with zero attached hydrogens (tertiary/aromatic N) is 2. The summed E-state index contributed by atoms with van der Waals surface area (Å²) in [5, 5.41) is 0. The Morgan fingerprint density at radius 2 is 2.13 bits per heavy atom. The van der Waals surface area contributed by atoms with Crippen LogP contribution in [0.4, 0.5) is 0 Å². The number of fused-ring (bicyclic) bond motifs is 2. The average Bonchev–Trinajstić information content (AvgIpc) is 2.91. The van der Waals surface area contributed by atoms with E-state index in [0.717, 1.165) is 24.2 Å². The van der Waals surface area contributed by atoms with Crippen LogP contribution < -0.4 is 5.73 Å². The van der Waals surface area contributed by atoms with E-state index in [4.69, 9.17) is 10.5 Å². The fourth-order valence-corrected chi connectivity index (χ4v) is 2.57. The number of hydrogen-bond acceptors (Lipinski definition) is 4. The minimum atomic E-state index is 0.360. The Hall–Kier alpha value is -1.00. The van der Waals surface area contributed by atoms with Crippen LogP contribution >= 0.6 is 0 Å². The van der Waals surface area contributed by atoms with E-state index in [1.54, 1.807) is 0 Å². The topological polar surface area (TPSA) is 61.0 Å². The zero-order valence-electron chi connectivity index (χ0n) is 8.60. The zero-order valence-corrected chi connectivity index (χ0v) is 8.60. The van der Waals surface area contributed by atoms with Crippen LogP contribution in [-0.4, -0.2) is 22.2 Å². The Bertz CT molecular complexity index is 351. The molecule has 2 N–H and O–H groups in total.